The van der Waals surface area contributed by atoms with Gasteiger partial charge in [0.25, 0.3) is 0 Å². The largest absolute Gasteiger partial charge is 0.461 e. The highest BCUT2D eigenvalue weighted by molar-refractivity contribution is 5.89. The second-order valence-corrected chi connectivity index (χ2v) is 11.8. The Balaban J connectivity index is 2.03. The van der Waals surface area contributed by atoms with Gasteiger partial charge < -0.3 is 33.5 Å². The van der Waals surface area contributed by atoms with Crippen molar-refractivity contribution in [3.63, 3.8) is 0 Å². The summed E-state index contributed by atoms with van der Waals surface area (Å²) in [5.74, 6) is -4.45. The lowest BCUT2D eigenvalue weighted by molar-refractivity contribution is -0.220. The highest BCUT2D eigenvalue weighted by Gasteiger charge is 2.87. The molecule has 2 fully saturated rings. The van der Waals surface area contributed by atoms with Gasteiger partial charge in [-0.25, -0.2) is 4.79 Å². The second-order valence-electron chi connectivity index (χ2n) is 11.8. The first-order valence-electron chi connectivity index (χ1n) is 13.7. The molecule has 0 radical (unpaired) electrons. The van der Waals surface area contributed by atoms with Crippen molar-refractivity contribution in [3.8, 4) is 0 Å². The fourth-order valence-electron chi connectivity index (χ4n) is 6.81. The molecule has 1 N–H and O–H groups in total. The van der Waals surface area contributed by atoms with E-state index in [1.807, 2.05) is 0 Å². The van der Waals surface area contributed by atoms with Crippen LogP contribution < -0.4 is 0 Å². The zero-order valence-electron chi connectivity index (χ0n) is 24.5. The van der Waals surface area contributed by atoms with Gasteiger partial charge in [-0.2, -0.15) is 0 Å². The summed E-state index contributed by atoms with van der Waals surface area (Å²) in [5.41, 5.74) is -5.99. The number of hydrogen-bond acceptors (Lipinski definition) is 12. The molecule has 2 saturated heterocycles. The van der Waals surface area contributed by atoms with E-state index in [0.717, 1.165) is 0 Å². The standard InChI is InChI=1S/C29H38O12/c1-9-22(33)39-18-13-20(37-16(4)31)26(6)11-10-19(36-15(3)30)27(7,35)23(26)24(38-17(5)32)29-21(12-14(18)2)40-25(34)28(29,8)41-29/h10-12,18-21,23-24,35H,9,13H2,1-8H3/t18-,19-,20-,21+,23-,24-,26+,27+,28+,29+/m1/s1. The maximum absolute atomic E-state index is 13.1. The molecule has 10 atom stereocenters. The van der Waals surface area contributed by atoms with Gasteiger partial charge in [0.2, 0.25) is 0 Å². The number of carbonyl (C=O) groups excluding carboxylic acids is 5. The lowest BCUT2D eigenvalue weighted by Gasteiger charge is -2.55. The molecule has 4 aliphatic rings. The van der Waals surface area contributed by atoms with E-state index in [1.165, 1.54) is 40.7 Å². The maximum atomic E-state index is 13.1. The van der Waals surface area contributed by atoms with Crippen molar-refractivity contribution in [2.45, 2.75) is 116 Å². The summed E-state index contributed by atoms with van der Waals surface area (Å²) in [4.78, 5) is 62.7. The third-order valence-electron chi connectivity index (χ3n) is 8.86. The molecule has 41 heavy (non-hydrogen) atoms. The van der Waals surface area contributed by atoms with Crippen molar-refractivity contribution in [3.05, 3.63) is 23.8 Å². The number of carbonyl (C=O) groups is 5. The van der Waals surface area contributed by atoms with Gasteiger partial charge in [-0.05, 0) is 38.5 Å². The van der Waals surface area contributed by atoms with E-state index in [2.05, 4.69) is 0 Å². The monoisotopic (exact) mass is 578 g/mol. The lowest BCUT2D eigenvalue weighted by atomic mass is 9.55. The average molecular weight is 579 g/mol. The molecular weight excluding hydrogens is 540 g/mol. The Morgan fingerprint density at radius 2 is 1.61 bits per heavy atom. The molecule has 0 unspecified atom stereocenters. The minimum absolute atomic E-state index is 0.0438. The quantitative estimate of drug-likeness (QED) is 0.218. The Hall–Kier alpha value is -3.25. The van der Waals surface area contributed by atoms with Gasteiger partial charge in [0.05, 0.1) is 0 Å². The van der Waals surface area contributed by atoms with E-state index in [9.17, 15) is 29.1 Å². The van der Waals surface area contributed by atoms with E-state index in [-0.39, 0.29) is 12.8 Å². The summed E-state index contributed by atoms with van der Waals surface area (Å²) >= 11 is 0. The second kappa shape index (κ2) is 10.2. The average Bonchev–Trinajstić information content (AvgIpc) is 3.44. The number of fused-ring (bicyclic) bond motifs is 1. The third-order valence-corrected chi connectivity index (χ3v) is 8.86. The van der Waals surface area contributed by atoms with Crippen LogP contribution in [-0.2, 0) is 52.4 Å². The molecule has 0 aromatic carbocycles. The van der Waals surface area contributed by atoms with Crippen molar-refractivity contribution < 1.29 is 57.5 Å². The molecule has 12 nitrogen and oxygen atoms in total. The smallest absolute Gasteiger partial charge is 0.342 e. The normalized spacial score (nSPS) is 42.8. The Labute approximate surface area is 238 Å². The van der Waals surface area contributed by atoms with Gasteiger partial charge in [-0.1, -0.05) is 19.9 Å². The van der Waals surface area contributed by atoms with Crippen LogP contribution in [0.2, 0.25) is 0 Å². The molecule has 2 heterocycles. The molecule has 2 aliphatic heterocycles. The van der Waals surface area contributed by atoms with Gasteiger partial charge >= 0.3 is 29.8 Å². The summed E-state index contributed by atoms with van der Waals surface area (Å²) in [6, 6.07) is 0. The molecule has 0 aromatic rings. The van der Waals surface area contributed by atoms with E-state index >= 15 is 0 Å². The highest BCUT2D eigenvalue weighted by Crippen LogP contribution is 2.65. The predicted molar refractivity (Wildman–Crippen MR) is 139 cm³/mol. The first-order chi connectivity index (χ1) is 18.9. The van der Waals surface area contributed by atoms with Crippen molar-refractivity contribution in [1.82, 2.24) is 0 Å². The molecule has 0 aromatic heterocycles. The summed E-state index contributed by atoms with van der Waals surface area (Å²) in [5, 5.41) is 12.2. The van der Waals surface area contributed by atoms with Crippen LogP contribution >= 0.6 is 0 Å². The van der Waals surface area contributed by atoms with Gasteiger partial charge in [0.1, 0.15) is 30.0 Å². The number of epoxide rings is 1. The minimum atomic E-state index is -1.96. The van der Waals surface area contributed by atoms with Crippen LogP contribution in [0, 0.1) is 11.3 Å². The van der Waals surface area contributed by atoms with Crippen molar-refractivity contribution in [2.24, 2.45) is 11.3 Å². The fourth-order valence-corrected chi connectivity index (χ4v) is 6.81. The van der Waals surface area contributed by atoms with Crippen LogP contribution in [0.5, 0.6) is 0 Å². The van der Waals surface area contributed by atoms with Crippen LogP contribution in [0.4, 0.5) is 0 Å². The maximum Gasteiger partial charge on any atom is 0.342 e. The molecule has 0 saturated carbocycles. The number of hydrogen-bond donors (Lipinski definition) is 1. The van der Waals surface area contributed by atoms with Crippen LogP contribution in [0.25, 0.3) is 0 Å². The van der Waals surface area contributed by atoms with Crippen molar-refractivity contribution in [2.75, 3.05) is 0 Å². The van der Waals surface area contributed by atoms with E-state index in [1.54, 1.807) is 32.9 Å². The summed E-state index contributed by atoms with van der Waals surface area (Å²) in [6.45, 7) is 11.5. The van der Waals surface area contributed by atoms with Crippen molar-refractivity contribution >= 4 is 29.8 Å². The highest BCUT2D eigenvalue weighted by atomic mass is 16.7. The van der Waals surface area contributed by atoms with Crippen LogP contribution in [0.3, 0.4) is 0 Å². The Morgan fingerprint density at radius 1 is 1.00 bits per heavy atom. The van der Waals surface area contributed by atoms with Gasteiger partial charge in [0.15, 0.2) is 17.3 Å². The zero-order valence-corrected chi connectivity index (χ0v) is 24.5. The van der Waals surface area contributed by atoms with Gasteiger partial charge in [0, 0.05) is 44.9 Å². The Morgan fingerprint density at radius 3 is 2.15 bits per heavy atom. The lowest BCUT2D eigenvalue weighted by Crippen LogP contribution is -2.67. The molecule has 226 valence electrons. The van der Waals surface area contributed by atoms with Gasteiger partial charge in [-0.3, -0.25) is 19.2 Å². The van der Waals surface area contributed by atoms with E-state index in [0.29, 0.717) is 5.57 Å². The molecule has 12 heteroatoms. The topological polar surface area (TPSA) is 164 Å². The number of rotatable bonds is 5. The summed E-state index contributed by atoms with van der Waals surface area (Å²) < 4.78 is 34.9. The first kappa shape index (κ1) is 30.7. The molecule has 2 aliphatic carbocycles. The number of ether oxygens (including phenoxy) is 6. The van der Waals surface area contributed by atoms with E-state index in [4.69, 9.17) is 28.4 Å². The molecule has 0 amide bonds. The van der Waals surface area contributed by atoms with Crippen molar-refractivity contribution in [1.29, 1.82) is 0 Å². The Bertz CT molecular complexity index is 1220. The molecular formula is C29H38O12. The van der Waals surface area contributed by atoms with Crippen LogP contribution in [-0.4, -0.2) is 82.3 Å². The van der Waals surface area contributed by atoms with Gasteiger partial charge in [-0.15, -0.1) is 0 Å². The minimum Gasteiger partial charge on any atom is -0.461 e. The molecule has 1 spiro atoms. The zero-order chi connectivity index (χ0) is 30.7. The van der Waals surface area contributed by atoms with Crippen LogP contribution in [0.15, 0.2) is 23.8 Å². The third kappa shape index (κ3) is 4.84. The fraction of sp³-hybridized carbons (Fsp3) is 0.690. The predicted octanol–water partition coefficient (Wildman–Crippen LogP) is 1.85. The molecule has 0 bridgehead atoms. The number of aliphatic hydroxyl groups is 1. The van der Waals surface area contributed by atoms with E-state index < -0.39 is 88.5 Å². The first-order valence-corrected chi connectivity index (χ1v) is 13.7. The van der Waals surface area contributed by atoms with Crippen LogP contribution in [0.1, 0.15) is 68.2 Å². The SMILES string of the molecule is CCC(=O)O[C@@H]1C[C@@H](OC(C)=O)[C@]2(C)C=C[C@@H](OC(C)=O)[C@](C)(O)[C@@H]2[C@@H](OC(C)=O)[C@]23O[C@@]2(C)C(=O)O[C@H]3C=C1C. The number of esters is 5. The Kier molecular flexibility index (Phi) is 7.66. The molecule has 4 rings (SSSR count). The summed E-state index contributed by atoms with van der Waals surface area (Å²) in [6.07, 6.45) is -0.910. The summed E-state index contributed by atoms with van der Waals surface area (Å²) in [7, 11) is 0.